The molecule has 182 valence electrons. The number of nitrogens with one attached hydrogen (secondary N) is 1. The fourth-order valence-corrected chi connectivity index (χ4v) is 5.48. The fraction of sp³-hybridized carbons (Fsp3) is 0.400. The number of fused-ring (bicyclic) bond motifs is 3. The van der Waals surface area contributed by atoms with Crippen LogP contribution in [0.15, 0.2) is 18.2 Å². The lowest BCUT2D eigenvalue weighted by molar-refractivity contribution is -0.324. The highest BCUT2D eigenvalue weighted by atomic mass is 19.3. The van der Waals surface area contributed by atoms with Crippen LogP contribution >= 0.6 is 0 Å². The van der Waals surface area contributed by atoms with Crippen molar-refractivity contribution in [2.75, 3.05) is 11.9 Å². The molecule has 2 aromatic heterocycles. The van der Waals surface area contributed by atoms with E-state index in [0.717, 1.165) is 23.1 Å². The van der Waals surface area contributed by atoms with Crippen LogP contribution < -0.4 is 14.8 Å². The van der Waals surface area contributed by atoms with Gasteiger partial charge in [-0.15, -0.1) is 0 Å². The number of aryl methyl sites for hydroxylation is 3. The molecule has 3 saturated carbocycles. The molecule has 0 spiro atoms. The van der Waals surface area contributed by atoms with Gasteiger partial charge in [-0.05, 0) is 55.2 Å². The van der Waals surface area contributed by atoms with Crippen LogP contribution in [0.2, 0.25) is 0 Å². The van der Waals surface area contributed by atoms with Crippen molar-refractivity contribution in [2.45, 2.75) is 51.1 Å². The Hall–Kier alpha value is -4.25. The van der Waals surface area contributed by atoms with Crippen molar-refractivity contribution >= 4 is 23.2 Å². The molecule has 3 heterocycles. The molecule has 0 saturated heterocycles. The lowest BCUT2D eigenvalue weighted by Crippen LogP contribution is -2.86. The number of ether oxygens (including phenoxy) is 2. The smallest absolute Gasteiger partial charge is 0.299 e. The van der Waals surface area contributed by atoms with Gasteiger partial charge in [-0.2, -0.15) is 25.5 Å². The van der Waals surface area contributed by atoms with Crippen molar-refractivity contribution in [3.05, 3.63) is 34.9 Å². The number of benzene rings is 1. The molecule has 7 rings (SSSR count). The van der Waals surface area contributed by atoms with E-state index in [-0.39, 0.29) is 30.3 Å². The Morgan fingerprint density at radius 1 is 1.17 bits per heavy atom. The number of anilines is 1. The Labute approximate surface area is 205 Å². The van der Waals surface area contributed by atoms with Crippen LogP contribution in [-0.4, -0.2) is 37.6 Å². The molecule has 3 aromatic rings. The summed E-state index contributed by atoms with van der Waals surface area (Å²) in [5.41, 5.74) is 0.0935. The number of imidazole rings is 1. The Bertz CT molecular complexity index is 1520. The van der Waals surface area contributed by atoms with Gasteiger partial charge >= 0.3 is 0 Å². The van der Waals surface area contributed by atoms with Gasteiger partial charge in [-0.25, -0.2) is 8.78 Å². The quantitative estimate of drug-likeness (QED) is 0.514. The van der Waals surface area contributed by atoms with Crippen molar-refractivity contribution in [2.24, 2.45) is 5.41 Å². The van der Waals surface area contributed by atoms with E-state index >= 15 is 0 Å². The maximum Gasteiger partial charge on any atom is 0.299 e. The second kappa shape index (κ2) is 7.37. The molecule has 9 nitrogen and oxygen atoms in total. The van der Waals surface area contributed by atoms with Gasteiger partial charge in [0, 0.05) is 25.5 Å². The van der Waals surface area contributed by atoms with Gasteiger partial charge < -0.3 is 14.8 Å². The predicted molar refractivity (Wildman–Crippen MR) is 125 cm³/mol. The summed E-state index contributed by atoms with van der Waals surface area (Å²) in [6, 6.07) is 7.88. The molecule has 0 atom stereocenters. The summed E-state index contributed by atoms with van der Waals surface area (Å²) in [6.07, 6.45) is 3.93. The Balaban J connectivity index is 1.42. The van der Waals surface area contributed by atoms with E-state index < -0.39 is 16.9 Å². The van der Waals surface area contributed by atoms with Crippen molar-refractivity contribution in [1.29, 1.82) is 10.5 Å². The third-order valence-electron chi connectivity index (χ3n) is 7.30. The van der Waals surface area contributed by atoms with Crippen LogP contribution in [-0.2, 0) is 6.54 Å². The second-order valence-corrected chi connectivity index (χ2v) is 9.65. The number of hydrogen-bond donors (Lipinski definition) is 1. The molecule has 4 aliphatic rings. The molecule has 1 aromatic carbocycles. The highest BCUT2D eigenvalue weighted by Crippen LogP contribution is 2.76. The standard InChI is InChI=1S/C25H21F2N7O2/c1-14-9-16(5-3-6-28)10-15(2)18(14)36-20-17-19(31-22-34(17)7-4-8-35-22)30-21(32-20)33-24-11-23(12-24,13-29)25(24,26)27/h3,5,9-10H,4,7-8,11-12H2,1-2H3,(H,30,32,33)/b5-3+. The minimum Gasteiger partial charge on any atom is -0.465 e. The summed E-state index contributed by atoms with van der Waals surface area (Å²) >= 11 is 0. The van der Waals surface area contributed by atoms with E-state index in [2.05, 4.69) is 20.3 Å². The van der Waals surface area contributed by atoms with Crippen LogP contribution in [0.1, 0.15) is 36.0 Å². The molecule has 36 heavy (non-hydrogen) atoms. The third-order valence-corrected chi connectivity index (χ3v) is 7.30. The highest BCUT2D eigenvalue weighted by molar-refractivity contribution is 5.80. The molecular weight excluding hydrogens is 468 g/mol. The van der Waals surface area contributed by atoms with Crippen molar-refractivity contribution < 1.29 is 18.3 Å². The normalized spacial score (nSPS) is 25.2. The van der Waals surface area contributed by atoms with Crippen molar-refractivity contribution in [1.82, 2.24) is 19.5 Å². The number of nitrogens with zero attached hydrogens (tertiary/aromatic N) is 6. The summed E-state index contributed by atoms with van der Waals surface area (Å²) in [4.78, 5) is 13.4. The van der Waals surface area contributed by atoms with Crippen molar-refractivity contribution in [3.8, 4) is 29.8 Å². The van der Waals surface area contributed by atoms with Crippen LogP contribution in [0.4, 0.5) is 14.7 Å². The summed E-state index contributed by atoms with van der Waals surface area (Å²) in [7, 11) is 0. The summed E-state index contributed by atoms with van der Waals surface area (Å²) in [5.74, 6) is -2.49. The number of hydrogen-bond acceptors (Lipinski definition) is 8. The highest BCUT2D eigenvalue weighted by Gasteiger charge is 2.90. The van der Waals surface area contributed by atoms with E-state index in [0.29, 0.717) is 30.4 Å². The molecule has 3 fully saturated rings. The molecule has 1 aliphatic heterocycles. The van der Waals surface area contributed by atoms with Crippen LogP contribution in [0, 0.1) is 41.9 Å². The SMILES string of the molecule is Cc1cc(/C=C/C#N)cc(C)c1Oc1nc(NC23CC(C#N)(C2)C3(F)F)nc2nc3n(c12)CCCO3. The maximum atomic E-state index is 14.7. The molecule has 3 aliphatic carbocycles. The number of halogens is 2. The van der Waals surface area contributed by atoms with E-state index in [1.54, 1.807) is 12.1 Å². The van der Waals surface area contributed by atoms with Gasteiger partial charge in [0.1, 0.15) is 16.7 Å². The zero-order valence-electron chi connectivity index (χ0n) is 19.6. The second-order valence-electron chi connectivity index (χ2n) is 9.65. The van der Waals surface area contributed by atoms with Crippen LogP contribution in [0.3, 0.4) is 0 Å². The summed E-state index contributed by atoms with van der Waals surface area (Å²) in [6.45, 7) is 4.89. The molecule has 0 unspecified atom stereocenters. The first-order valence-corrected chi connectivity index (χ1v) is 11.6. The average molecular weight is 489 g/mol. The molecule has 2 bridgehead atoms. The number of allylic oxidation sites excluding steroid dienone is 1. The largest absolute Gasteiger partial charge is 0.465 e. The Kier molecular flexibility index (Phi) is 4.55. The van der Waals surface area contributed by atoms with Gasteiger partial charge in [0.15, 0.2) is 11.2 Å². The molecular formula is C25H21F2N7O2. The predicted octanol–water partition coefficient (Wildman–Crippen LogP) is 4.66. The number of nitriles is 2. The van der Waals surface area contributed by atoms with Crippen molar-refractivity contribution in [3.63, 3.8) is 0 Å². The zero-order chi connectivity index (χ0) is 25.3. The molecule has 0 radical (unpaired) electrons. The van der Waals surface area contributed by atoms with Gasteiger partial charge in [0.05, 0.1) is 18.7 Å². The Morgan fingerprint density at radius 2 is 1.92 bits per heavy atom. The number of alkyl halides is 2. The topological polar surface area (TPSA) is 122 Å². The van der Waals surface area contributed by atoms with E-state index in [4.69, 9.17) is 14.7 Å². The van der Waals surface area contributed by atoms with Gasteiger partial charge in [0.25, 0.3) is 17.8 Å². The fourth-order valence-electron chi connectivity index (χ4n) is 5.48. The van der Waals surface area contributed by atoms with Gasteiger partial charge in [-0.1, -0.05) is 0 Å². The average Bonchev–Trinajstić information content (AvgIpc) is 3.20. The number of aromatic nitrogens is 4. The van der Waals surface area contributed by atoms with Gasteiger partial charge in [0.2, 0.25) is 5.95 Å². The molecule has 1 N–H and O–H groups in total. The Morgan fingerprint density at radius 3 is 2.58 bits per heavy atom. The lowest BCUT2D eigenvalue weighted by Gasteiger charge is -2.71. The van der Waals surface area contributed by atoms with Gasteiger partial charge in [-0.3, -0.25) is 4.57 Å². The zero-order valence-corrected chi connectivity index (χ0v) is 19.6. The summed E-state index contributed by atoms with van der Waals surface area (Å²) in [5, 5.41) is 20.8. The van der Waals surface area contributed by atoms with E-state index in [1.807, 2.05) is 36.6 Å². The van der Waals surface area contributed by atoms with E-state index in [9.17, 15) is 14.0 Å². The maximum absolute atomic E-state index is 14.7. The monoisotopic (exact) mass is 489 g/mol. The number of rotatable bonds is 5. The lowest BCUT2D eigenvalue weighted by atomic mass is 9.37. The molecule has 0 amide bonds. The van der Waals surface area contributed by atoms with E-state index in [1.165, 1.54) is 6.08 Å². The first-order chi connectivity index (χ1) is 17.2. The third kappa shape index (κ3) is 2.86. The first-order valence-electron chi connectivity index (χ1n) is 11.6. The van der Waals surface area contributed by atoms with Crippen LogP contribution in [0.5, 0.6) is 17.6 Å². The summed E-state index contributed by atoms with van der Waals surface area (Å²) < 4.78 is 43.3. The first kappa shape index (κ1) is 22.2. The minimum atomic E-state index is -3.18. The molecule has 11 heteroatoms. The van der Waals surface area contributed by atoms with Crippen LogP contribution in [0.25, 0.3) is 17.2 Å². The minimum absolute atomic E-state index is 0.0276.